The molecule has 2 heterocycles. The highest BCUT2D eigenvalue weighted by Crippen LogP contribution is 2.33. The van der Waals surface area contributed by atoms with E-state index in [1.54, 1.807) is 23.2 Å². The third kappa shape index (κ3) is 3.43. The Morgan fingerprint density at radius 3 is 2.88 bits per heavy atom. The molecule has 1 aliphatic heterocycles. The third-order valence-corrected chi connectivity index (χ3v) is 5.04. The number of ether oxygens (including phenoxy) is 1. The standard InChI is InChI=1S/C18H20N2O3S/c1-12(16-8-5-11-24-16)19-17(21)9-10-20-14-6-3-4-7-15(14)23-13(2)18(20)22/h3-8,11-13H,9-10H2,1-2H3,(H,19,21)/t12-,13-/m1/s1. The number of para-hydroxylation sites is 2. The van der Waals surface area contributed by atoms with Gasteiger partial charge in [-0.05, 0) is 37.4 Å². The van der Waals surface area contributed by atoms with E-state index in [1.807, 2.05) is 48.7 Å². The van der Waals surface area contributed by atoms with Crippen molar-refractivity contribution >= 4 is 28.8 Å². The number of carbonyl (C=O) groups excluding carboxylic acids is 2. The van der Waals surface area contributed by atoms with Crippen molar-refractivity contribution in [2.45, 2.75) is 32.4 Å². The second-order valence-corrected chi connectivity index (χ2v) is 6.75. The van der Waals surface area contributed by atoms with Gasteiger partial charge in [-0.25, -0.2) is 0 Å². The van der Waals surface area contributed by atoms with Gasteiger partial charge in [0, 0.05) is 17.8 Å². The Balaban J connectivity index is 1.63. The highest BCUT2D eigenvalue weighted by atomic mass is 32.1. The van der Waals surface area contributed by atoms with E-state index in [0.717, 1.165) is 10.6 Å². The zero-order valence-electron chi connectivity index (χ0n) is 13.7. The summed E-state index contributed by atoms with van der Waals surface area (Å²) in [6.07, 6.45) is -0.282. The maximum Gasteiger partial charge on any atom is 0.267 e. The monoisotopic (exact) mass is 344 g/mol. The van der Waals surface area contributed by atoms with E-state index in [-0.39, 0.29) is 24.3 Å². The lowest BCUT2D eigenvalue weighted by molar-refractivity contribution is -0.125. The lowest BCUT2D eigenvalue weighted by atomic mass is 10.1. The number of anilines is 1. The molecule has 1 aliphatic rings. The Bertz CT molecular complexity index is 730. The maximum absolute atomic E-state index is 12.4. The topological polar surface area (TPSA) is 58.6 Å². The number of rotatable bonds is 5. The molecule has 0 saturated carbocycles. The molecule has 0 unspecified atom stereocenters. The van der Waals surface area contributed by atoms with Crippen molar-refractivity contribution in [1.29, 1.82) is 0 Å². The van der Waals surface area contributed by atoms with Crippen molar-refractivity contribution in [3.63, 3.8) is 0 Å². The Morgan fingerprint density at radius 1 is 1.33 bits per heavy atom. The normalized spacial score (nSPS) is 17.8. The Labute approximate surface area is 145 Å². The smallest absolute Gasteiger partial charge is 0.267 e. The Kier molecular flexibility index (Phi) is 4.85. The third-order valence-electron chi connectivity index (χ3n) is 3.98. The van der Waals surface area contributed by atoms with Gasteiger partial charge < -0.3 is 15.0 Å². The molecule has 2 aromatic rings. The molecule has 1 aromatic carbocycles. The number of nitrogens with zero attached hydrogens (tertiary/aromatic N) is 1. The van der Waals surface area contributed by atoms with Crippen molar-refractivity contribution in [2.75, 3.05) is 11.4 Å². The van der Waals surface area contributed by atoms with Gasteiger partial charge in [-0.1, -0.05) is 18.2 Å². The van der Waals surface area contributed by atoms with E-state index < -0.39 is 6.10 Å². The van der Waals surface area contributed by atoms with Crippen LogP contribution in [0.25, 0.3) is 0 Å². The van der Waals surface area contributed by atoms with Crippen LogP contribution in [-0.4, -0.2) is 24.5 Å². The number of carbonyl (C=O) groups is 2. The first-order valence-corrected chi connectivity index (χ1v) is 8.84. The average Bonchev–Trinajstić information content (AvgIpc) is 3.10. The molecule has 1 N–H and O–H groups in total. The first-order chi connectivity index (χ1) is 11.6. The summed E-state index contributed by atoms with van der Waals surface area (Å²) < 4.78 is 5.60. The fraction of sp³-hybridized carbons (Fsp3) is 0.333. The molecule has 1 aromatic heterocycles. The van der Waals surface area contributed by atoms with Crippen LogP contribution in [0.15, 0.2) is 41.8 Å². The van der Waals surface area contributed by atoms with Gasteiger partial charge in [0.1, 0.15) is 5.75 Å². The van der Waals surface area contributed by atoms with E-state index >= 15 is 0 Å². The first-order valence-electron chi connectivity index (χ1n) is 7.96. The van der Waals surface area contributed by atoms with Crippen molar-refractivity contribution < 1.29 is 14.3 Å². The minimum Gasteiger partial charge on any atom is -0.479 e. The molecule has 0 aliphatic carbocycles. The van der Waals surface area contributed by atoms with Gasteiger partial charge in [-0.3, -0.25) is 9.59 Å². The molecule has 6 heteroatoms. The summed E-state index contributed by atoms with van der Waals surface area (Å²) in [5.41, 5.74) is 0.722. The summed E-state index contributed by atoms with van der Waals surface area (Å²) in [5.74, 6) is 0.491. The quantitative estimate of drug-likeness (QED) is 0.906. The summed E-state index contributed by atoms with van der Waals surface area (Å²) in [6.45, 7) is 4.03. The maximum atomic E-state index is 12.4. The van der Waals surface area contributed by atoms with Crippen LogP contribution in [0.2, 0.25) is 0 Å². The summed E-state index contributed by atoms with van der Waals surface area (Å²) in [6, 6.07) is 11.3. The summed E-state index contributed by atoms with van der Waals surface area (Å²) in [4.78, 5) is 27.3. The van der Waals surface area contributed by atoms with Crippen LogP contribution < -0.4 is 15.0 Å². The highest BCUT2D eigenvalue weighted by molar-refractivity contribution is 7.10. The zero-order valence-corrected chi connectivity index (χ0v) is 14.5. The highest BCUT2D eigenvalue weighted by Gasteiger charge is 2.31. The van der Waals surface area contributed by atoms with Gasteiger partial charge in [0.2, 0.25) is 5.91 Å². The van der Waals surface area contributed by atoms with Crippen LogP contribution >= 0.6 is 11.3 Å². The van der Waals surface area contributed by atoms with E-state index in [9.17, 15) is 9.59 Å². The number of hydrogen-bond acceptors (Lipinski definition) is 4. The van der Waals surface area contributed by atoms with Gasteiger partial charge >= 0.3 is 0 Å². The molecular formula is C18H20N2O3S. The number of fused-ring (bicyclic) bond motifs is 1. The van der Waals surface area contributed by atoms with Crippen LogP contribution in [-0.2, 0) is 9.59 Å². The molecule has 24 heavy (non-hydrogen) atoms. The number of amides is 2. The van der Waals surface area contributed by atoms with Crippen LogP contribution in [0.5, 0.6) is 5.75 Å². The average molecular weight is 344 g/mol. The van der Waals surface area contributed by atoms with Crippen LogP contribution in [0.4, 0.5) is 5.69 Å². The first kappa shape index (κ1) is 16.5. The molecule has 126 valence electrons. The lowest BCUT2D eigenvalue weighted by Gasteiger charge is -2.32. The molecule has 0 saturated heterocycles. The van der Waals surface area contributed by atoms with Gasteiger partial charge in [0.15, 0.2) is 6.10 Å². The van der Waals surface area contributed by atoms with Gasteiger partial charge in [0.05, 0.1) is 11.7 Å². The Hall–Kier alpha value is -2.34. The molecule has 0 fully saturated rings. The predicted molar refractivity (Wildman–Crippen MR) is 94.4 cm³/mol. The lowest BCUT2D eigenvalue weighted by Crippen LogP contribution is -2.45. The van der Waals surface area contributed by atoms with Crippen LogP contribution in [0, 0.1) is 0 Å². The summed E-state index contributed by atoms with van der Waals surface area (Å²) in [5, 5.41) is 4.96. The fourth-order valence-corrected chi connectivity index (χ4v) is 3.46. The number of hydrogen-bond donors (Lipinski definition) is 1. The van der Waals surface area contributed by atoms with Crippen molar-refractivity contribution in [1.82, 2.24) is 5.32 Å². The van der Waals surface area contributed by atoms with Crippen molar-refractivity contribution in [3.8, 4) is 5.75 Å². The van der Waals surface area contributed by atoms with E-state index in [4.69, 9.17) is 4.74 Å². The zero-order chi connectivity index (χ0) is 17.1. The second kappa shape index (κ2) is 7.05. The second-order valence-electron chi connectivity index (χ2n) is 5.77. The Morgan fingerprint density at radius 2 is 2.12 bits per heavy atom. The van der Waals surface area contributed by atoms with Gasteiger partial charge in [-0.2, -0.15) is 0 Å². The summed E-state index contributed by atoms with van der Waals surface area (Å²) in [7, 11) is 0. The van der Waals surface area contributed by atoms with Crippen LogP contribution in [0.1, 0.15) is 31.2 Å². The number of thiophene rings is 1. The fourth-order valence-electron chi connectivity index (χ4n) is 2.73. The number of nitrogens with one attached hydrogen (secondary N) is 1. The van der Waals surface area contributed by atoms with Gasteiger partial charge in [0.25, 0.3) is 5.91 Å². The predicted octanol–water partition coefficient (Wildman–Crippen LogP) is 3.13. The molecule has 2 amide bonds. The van der Waals surface area contributed by atoms with E-state index in [0.29, 0.717) is 12.3 Å². The van der Waals surface area contributed by atoms with Crippen molar-refractivity contribution in [2.24, 2.45) is 0 Å². The molecule has 3 rings (SSSR count). The largest absolute Gasteiger partial charge is 0.479 e. The SMILES string of the molecule is C[C@H]1Oc2ccccc2N(CCC(=O)N[C@H](C)c2cccs2)C1=O. The van der Waals surface area contributed by atoms with Crippen molar-refractivity contribution in [3.05, 3.63) is 46.7 Å². The molecule has 5 nitrogen and oxygen atoms in total. The van der Waals surface area contributed by atoms with Gasteiger partial charge in [-0.15, -0.1) is 11.3 Å². The minimum atomic E-state index is -0.534. The molecule has 2 atom stereocenters. The number of benzene rings is 1. The van der Waals surface area contributed by atoms with E-state index in [1.165, 1.54) is 0 Å². The van der Waals surface area contributed by atoms with Crippen LogP contribution in [0.3, 0.4) is 0 Å². The molecule has 0 radical (unpaired) electrons. The van der Waals surface area contributed by atoms with E-state index in [2.05, 4.69) is 5.32 Å². The minimum absolute atomic E-state index is 0.0240. The molecule has 0 bridgehead atoms. The molecule has 0 spiro atoms. The molecular weight excluding hydrogens is 324 g/mol. The summed E-state index contributed by atoms with van der Waals surface area (Å²) >= 11 is 1.61.